The lowest BCUT2D eigenvalue weighted by atomic mass is 10.2. The Labute approximate surface area is 117 Å². The number of rotatable bonds is 5. The standard InChI is InChI=1S/C14H20N2O2S/c1-9(2)13(17)15-6-7-16-14(18)12-8-10-4-3-5-11(10)19-12/h8-9H,3-7H2,1-2H3,(H,15,17)(H,16,18). The Morgan fingerprint density at radius 1 is 1.26 bits per heavy atom. The summed E-state index contributed by atoms with van der Waals surface area (Å²) < 4.78 is 0. The highest BCUT2D eigenvalue weighted by atomic mass is 32.1. The zero-order valence-corrected chi connectivity index (χ0v) is 12.2. The summed E-state index contributed by atoms with van der Waals surface area (Å²) in [6, 6.07) is 2.01. The van der Waals surface area contributed by atoms with Crippen LogP contribution in [-0.2, 0) is 17.6 Å². The second-order valence-electron chi connectivity index (χ2n) is 5.11. The fourth-order valence-electron chi connectivity index (χ4n) is 2.09. The van der Waals surface area contributed by atoms with E-state index in [0.29, 0.717) is 13.1 Å². The molecule has 1 aromatic rings. The summed E-state index contributed by atoms with van der Waals surface area (Å²) in [5, 5.41) is 5.62. The van der Waals surface area contributed by atoms with Crippen molar-refractivity contribution in [1.29, 1.82) is 0 Å². The van der Waals surface area contributed by atoms with E-state index in [0.717, 1.165) is 17.7 Å². The molecule has 2 rings (SSSR count). The molecule has 0 atom stereocenters. The molecule has 0 fully saturated rings. The molecular weight excluding hydrogens is 260 g/mol. The monoisotopic (exact) mass is 280 g/mol. The molecule has 0 unspecified atom stereocenters. The van der Waals surface area contributed by atoms with Crippen LogP contribution in [0.15, 0.2) is 6.07 Å². The number of carbonyl (C=O) groups is 2. The molecule has 0 spiro atoms. The maximum Gasteiger partial charge on any atom is 0.261 e. The highest BCUT2D eigenvalue weighted by molar-refractivity contribution is 7.14. The smallest absolute Gasteiger partial charge is 0.261 e. The molecule has 5 heteroatoms. The number of hydrogen-bond donors (Lipinski definition) is 2. The molecule has 104 valence electrons. The van der Waals surface area contributed by atoms with Crippen LogP contribution in [0.4, 0.5) is 0 Å². The third-order valence-corrected chi connectivity index (χ3v) is 4.44. The van der Waals surface area contributed by atoms with E-state index >= 15 is 0 Å². The molecule has 0 saturated carbocycles. The van der Waals surface area contributed by atoms with Crippen molar-refractivity contribution >= 4 is 23.2 Å². The summed E-state index contributed by atoms with van der Waals surface area (Å²) >= 11 is 1.60. The normalized spacial score (nSPS) is 13.4. The summed E-state index contributed by atoms with van der Waals surface area (Å²) in [5.74, 6) is -0.0292. The van der Waals surface area contributed by atoms with Crippen LogP contribution in [0.5, 0.6) is 0 Å². The van der Waals surface area contributed by atoms with Gasteiger partial charge in [-0.2, -0.15) is 0 Å². The molecule has 0 saturated heterocycles. The van der Waals surface area contributed by atoms with Gasteiger partial charge in [-0.1, -0.05) is 13.8 Å². The van der Waals surface area contributed by atoms with Gasteiger partial charge in [-0.25, -0.2) is 0 Å². The van der Waals surface area contributed by atoms with Crippen LogP contribution in [-0.4, -0.2) is 24.9 Å². The first kappa shape index (κ1) is 14.1. The maximum atomic E-state index is 11.9. The van der Waals surface area contributed by atoms with Crippen molar-refractivity contribution in [3.8, 4) is 0 Å². The molecular formula is C14H20N2O2S. The van der Waals surface area contributed by atoms with E-state index in [4.69, 9.17) is 0 Å². The number of aryl methyl sites for hydroxylation is 2. The van der Waals surface area contributed by atoms with Crippen LogP contribution in [0.3, 0.4) is 0 Å². The van der Waals surface area contributed by atoms with Gasteiger partial charge >= 0.3 is 0 Å². The van der Waals surface area contributed by atoms with Crippen molar-refractivity contribution < 1.29 is 9.59 Å². The second kappa shape index (κ2) is 6.19. The van der Waals surface area contributed by atoms with Gasteiger partial charge in [0.2, 0.25) is 5.91 Å². The van der Waals surface area contributed by atoms with Gasteiger partial charge in [-0.15, -0.1) is 11.3 Å². The van der Waals surface area contributed by atoms with Crippen molar-refractivity contribution in [3.05, 3.63) is 21.4 Å². The Balaban J connectivity index is 1.74. The first-order valence-corrected chi connectivity index (χ1v) is 7.57. The highest BCUT2D eigenvalue weighted by Gasteiger charge is 2.18. The summed E-state index contributed by atoms with van der Waals surface area (Å²) in [6.45, 7) is 4.65. The van der Waals surface area contributed by atoms with E-state index in [2.05, 4.69) is 10.6 Å². The van der Waals surface area contributed by atoms with Crippen molar-refractivity contribution in [2.75, 3.05) is 13.1 Å². The average Bonchev–Trinajstić information content (AvgIpc) is 2.94. The molecule has 4 nitrogen and oxygen atoms in total. The topological polar surface area (TPSA) is 58.2 Å². The quantitative estimate of drug-likeness (QED) is 0.807. The minimum atomic E-state index is -0.0294. The molecule has 0 radical (unpaired) electrons. The molecule has 1 aliphatic rings. The molecule has 0 bridgehead atoms. The number of amides is 2. The van der Waals surface area contributed by atoms with Crippen molar-refractivity contribution in [2.45, 2.75) is 33.1 Å². The highest BCUT2D eigenvalue weighted by Crippen LogP contribution is 2.30. The van der Waals surface area contributed by atoms with E-state index in [1.165, 1.54) is 16.9 Å². The number of fused-ring (bicyclic) bond motifs is 1. The van der Waals surface area contributed by atoms with E-state index in [1.807, 2.05) is 19.9 Å². The van der Waals surface area contributed by atoms with Crippen LogP contribution in [0.1, 0.15) is 40.4 Å². The lowest BCUT2D eigenvalue weighted by molar-refractivity contribution is -0.123. The van der Waals surface area contributed by atoms with Gasteiger partial charge in [0.1, 0.15) is 0 Å². The number of thiophene rings is 1. The Kier molecular flexibility index (Phi) is 4.58. The van der Waals surface area contributed by atoms with Crippen LogP contribution in [0.2, 0.25) is 0 Å². The zero-order valence-electron chi connectivity index (χ0n) is 11.4. The molecule has 1 aromatic heterocycles. The minimum absolute atomic E-state index is 0.0176. The van der Waals surface area contributed by atoms with Crippen molar-refractivity contribution in [3.63, 3.8) is 0 Å². The largest absolute Gasteiger partial charge is 0.354 e. The minimum Gasteiger partial charge on any atom is -0.354 e. The molecule has 2 amide bonds. The predicted octanol–water partition coefficient (Wildman–Crippen LogP) is 1.74. The van der Waals surface area contributed by atoms with Crippen LogP contribution < -0.4 is 10.6 Å². The van der Waals surface area contributed by atoms with Crippen molar-refractivity contribution in [1.82, 2.24) is 10.6 Å². The molecule has 0 aliphatic heterocycles. The summed E-state index contributed by atoms with van der Waals surface area (Å²) in [7, 11) is 0. The van der Waals surface area contributed by atoms with E-state index in [9.17, 15) is 9.59 Å². The SMILES string of the molecule is CC(C)C(=O)NCCNC(=O)c1cc2c(s1)CCC2. The van der Waals surface area contributed by atoms with Gasteiger partial charge < -0.3 is 10.6 Å². The first-order valence-electron chi connectivity index (χ1n) is 6.75. The van der Waals surface area contributed by atoms with Crippen molar-refractivity contribution in [2.24, 2.45) is 5.92 Å². The Bertz CT molecular complexity index is 458. The Morgan fingerprint density at radius 2 is 2.00 bits per heavy atom. The lowest BCUT2D eigenvalue weighted by Gasteiger charge is -2.08. The van der Waals surface area contributed by atoms with E-state index in [-0.39, 0.29) is 17.7 Å². The van der Waals surface area contributed by atoms with Gasteiger partial charge in [0.15, 0.2) is 0 Å². The molecule has 1 aliphatic carbocycles. The van der Waals surface area contributed by atoms with Gasteiger partial charge in [-0.05, 0) is 30.9 Å². The average molecular weight is 280 g/mol. The van der Waals surface area contributed by atoms with Gasteiger partial charge in [0, 0.05) is 23.9 Å². The number of hydrogen-bond acceptors (Lipinski definition) is 3. The fourth-order valence-corrected chi connectivity index (χ4v) is 3.26. The lowest BCUT2D eigenvalue weighted by Crippen LogP contribution is -2.36. The summed E-state index contributed by atoms with van der Waals surface area (Å²) in [4.78, 5) is 25.4. The first-order chi connectivity index (χ1) is 9.08. The molecule has 2 N–H and O–H groups in total. The van der Waals surface area contributed by atoms with Gasteiger partial charge in [-0.3, -0.25) is 9.59 Å². The Morgan fingerprint density at radius 3 is 2.68 bits per heavy atom. The number of carbonyl (C=O) groups excluding carboxylic acids is 2. The summed E-state index contributed by atoms with van der Waals surface area (Å²) in [5.41, 5.74) is 1.34. The third-order valence-electron chi connectivity index (χ3n) is 3.20. The van der Waals surface area contributed by atoms with Crippen LogP contribution >= 0.6 is 11.3 Å². The zero-order chi connectivity index (χ0) is 13.8. The van der Waals surface area contributed by atoms with E-state index in [1.54, 1.807) is 11.3 Å². The fraction of sp³-hybridized carbons (Fsp3) is 0.571. The Hall–Kier alpha value is -1.36. The summed E-state index contributed by atoms with van der Waals surface area (Å²) in [6.07, 6.45) is 3.42. The van der Waals surface area contributed by atoms with Crippen LogP contribution in [0, 0.1) is 5.92 Å². The molecule has 1 heterocycles. The predicted molar refractivity (Wildman–Crippen MR) is 76.5 cm³/mol. The number of nitrogens with one attached hydrogen (secondary N) is 2. The van der Waals surface area contributed by atoms with E-state index < -0.39 is 0 Å². The van der Waals surface area contributed by atoms with Gasteiger partial charge in [0.05, 0.1) is 4.88 Å². The maximum absolute atomic E-state index is 11.9. The second-order valence-corrected chi connectivity index (χ2v) is 6.25. The third kappa shape index (κ3) is 3.56. The molecule has 19 heavy (non-hydrogen) atoms. The van der Waals surface area contributed by atoms with Crippen LogP contribution in [0.25, 0.3) is 0 Å². The molecule has 0 aromatic carbocycles. The van der Waals surface area contributed by atoms with Gasteiger partial charge in [0.25, 0.3) is 5.91 Å².